The van der Waals surface area contributed by atoms with Crippen LogP contribution in [0.15, 0.2) is 53.8 Å². The molecule has 0 bridgehead atoms. The monoisotopic (exact) mass is 493 g/mol. The van der Waals surface area contributed by atoms with Crippen molar-refractivity contribution in [3.05, 3.63) is 59.9 Å². The van der Waals surface area contributed by atoms with Gasteiger partial charge in [0, 0.05) is 19.2 Å². The van der Waals surface area contributed by atoms with Gasteiger partial charge in [-0.05, 0) is 29.7 Å². The van der Waals surface area contributed by atoms with Gasteiger partial charge in [-0.1, -0.05) is 47.4 Å². The van der Waals surface area contributed by atoms with Crippen LogP contribution in [0.5, 0.6) is 11.5 Å². The number of thioether (sulfide) groups is 1. The number of nitrogens with one attached hydrogen (secondary N) is 1. The lowest BCUT2D eigenvalue weighted by Crippen LogP contribution is -2.30. The number of rotatable bonds is 7. The molecule has 3 heterocycles. The van der Waals surface area contributed by atoms with E-state index in [4.69, 9.17) is 14.5 Å². The van der Waals surface area contributed by atoms with Gasteiger partial charge in [0.2, 0.25) is 5.91 Å². The lowest BCUT2D eigenvalue weighted by Gasteiger charge is -2.28. The number of ether oxygens (including phenoxy) is 2. The summed E-state index contributed by atoms with van der Waals surface area (Å²) in [7, 11) is 3.14. The number of anilines is 2. The standard InChI is InChI=1S/C24H23N5O3S2/c1-31-17-7-8-19(32-2)18(11-17)27-20(30)13-33-23-21-22(25-14-26-23)28-24(34-21)29-10-9-15-5-3-4-6-16(15)12-29/h3-8,11,14H,9-10,12-13H2,1-2H3,(H,27,30). The first-order valence-electron chi connectivity index (χ1n) is 10.7. The first kappa shape index (κ1) is 22.4. The summed E-state index contributed by atoms with van der Waals surface area (Å²) >= 11 is 2.94. The molecule has 0 saturated carbocycles. The molecule has 2 aromatic carbocycles. The zero-order valence-electron chi connectivity index (χ0n) is 18.8. The summed E-state index contributed by atoms with van der Waals surface area (Å²) in [5.41, 5.74) is 3.95. The Balaban J connectivity index is 1.30. The lowest BCUT2D eigenvalue weighted by molar-refractivity contribution is -0.113. The summed E-state index contributed by atoms with van der Waals surface area (Å²) in [5, 5.41) is 4.57. The Morgan fingerprint density at radius 2 is 2.00 bits per heavy atom. The number of thiazole rings is 1. The van der Waals surface area contributed by atoms with Crippen LogP contribution in [-0.2, 0) is 17.8 Å². The summed E-state index contributed by atoms with van der Waals surface area (Å²) < 4.78 is 11.5. The number of fused-ring (bicyclic) bond motifs is 2. The normalized spacial score (nSPS) is 12.9. The molecule has 0 spiro atoms. The smallest absolute Gasteiger partial charge is 0.234 e. The van der Waals surface area contributed by atoms with Gasteiger partial charge in [0.15, 0.2) is 10.8 Å². The van der Waals surface area contributed by atoms with Crippen molar-refractivity contribution in [2.24, 2.45) is 0 Å². The third kappa shape index (κ3) is 4.64. The van der Waals surface area contributed by atoms with Gasteiger partial charge in [0.25, 0.3) is 0 Å². The highest BCUT2D eigenvalue weighted by molar-refractivity contribution is 8.00. The largest absolute Gasteiger partial charge is 0.497 e. The van der Waals surface area contributed by atoms with Crippen LogP contribution in [0, 0.1) is 0 Å². The maximum Gasteiger partial charge on any atom is 0.234 e. The molecule has 34 heavy (non-hydrogen) atoms. The molecule has 8 nitrogen and oxygen atoms in total. The molecule has 4 aromatic rings. The van der Waals surface area contributed by atoms with Gasteiger partial charge in [-0.25, -0.2) is 9.97 Å². The zero-order valence-corrected chi connectivity index (χ0v) is 20.4. The number of carbonyl (C=O) groups excluding carboxylic acids is 1. The SMILES string of the molecule is COc1ccc(OC)c(NC(=O)CSc2ncnc3nc(N4CCc5ccccc5C4)sc23)c1. The van der Waals surface area contributed by atoms with Gasteiger partial charge in [0.1, 0.15) is 27.6 Å². The van der Waals surface area contributed by atoms with Crippen molar-refractivity contribution in [3.8, 4) is 11.5 Å². The summed E-state index contributed by atoms with van der Waals surface area (Å²) in [5.74, 6) is 1.23. The number of aromatic nitrogens is 3. The first-order valence-corrected chi connectivity index (χ1v) is 12.5. The fourth-order valence-electron chi connectivity index (χ4n) is 3.85. The van der Waals surface area contributed by atoms with Crippen molar-refractivity contribution >= 4 is 50.2 Å². The van der Waals surface area contributed by atoms with E-state index in [-0.39, 0.29) is 11.7 Å². The predicted molar refractivity (Wildman–Crippen MR) is 135 cm³/mol. The van der Waals surface area contributed by atoms with Crippen LogP contribution in [0.4, 0.5) is 10.8 Å². The van der Waals surface area contributed by atoms with Crippen molar-refractivity contribution in [3.63, 3.8) is 0 Å². The molecule has 1 aliphatic rings. The van der Waals surface area contributed by atoms with Crippen LogP contribution in [0.3, 0.4) is 0 Å². The van der Waals surface area contributed by atoms with E-state index in [2.05, 4.69) is 44.5 Å². The molecule has 1 amide bonds. The van der Waals surface area contributed by atoms with E-state index in [1.54, 1.807) is 43.8 Å². The second-order valence-corrected chi connectivity index (χ2v) is 9.61. The van der Waals surface area contributed by atoms with Gasteiger partial charge in [-0.15, -0.1) is 0 Å². The van der Waals surface area contributed by atoms with Crippen molar-refractivity contribution in [1.82, 2.24) is 15.0 Å². The quantitative estimate of drug-likeness (QED) is 0.299. The maximum atomic E-state index is 12.7. The Hall–Kier alpha value is -3.37. The first-order chi connectivity index (χ1) is 16.6. The van der Waals surface area contributed by atoms with Crippen LogP contribution in [-0.4, -0.2) is 47.4 Å². The minimum absolute atomic E-state index is 0.166. The fraction of sp³-hybridized carbons (Fsp3) is 0.250. The summed E-state index contributed by atoms with van der Waals surface area (Å²) in [6.07, 6.45) is 2.50. The van der Waals surface area contributed by atoms with E-state index in [1.807, 2.05) is 0 Å². The maximum absolute atomic E-state index is 12.7. The van der Waals surface area contributed by atoms with Crippen molar-refractivity contribution in [2.75, 3.05) is 36.7 Å². The fourth-order valence-corrected chi connectivity index (χ4v) is 5.77. The van der Waals surface area contributed by atoms with Gasteiger partial charge < -0.3 is 19.7 Å². The molecule has 0 saturated heterocycles. The second kappa shape index (κ2) is 9.86. The third-order valence-electron chi connectivity index (χ3n) is 5.57. The summed E-state index contributed by atoms with van der Waals surface area (Å²) in [6, 6.07) is 13.8. The van der Waals surface area contributed by atoms with E-state index in [0.29, 0.717) is 22.8 Å². The van der Waals surface area contributed by atoms with Gasteiger partial charge in [-0.2, -0.15) is 4.98 Å². The number of benzene rings is 2. The van der Waals surface area contributed by atoms with Crippen LogP contribution < -0.4 is 19.7 Å². The topological polar surface area (TPSA) is 89.5 Å². The summed E-state index contributed by atoms with van der Waals surface area (Å²) in [6.45, 7) is 1.74. The molecule has 0 atom stereocenters. The molecule has 1 aliphatic heterocycles. The van der Waals surface area contributed by atoms with E-state index in [0.717, 1.165) is 34.4 Å². The van der Waals surface area contributed by atoms with Crippen molar-refractivity contribution in [2.45, 2.75) is 18.0 Å². The van der Waals surface area contributed by atoms with Crippen LogP contribution in [0.2, 0.25) is 0 Å². The Morgan fingerprint density at radius 3 is 2.82 bits per heavy atom. The van der Waals surface area contributed by atoms with Gasteiger partial charge >= 0.3 is 0 Å². The second-order valence-electron chi connectivity index (χ2n) is 7.67. The van der Waals surface area contributed by atoms with Crippen LogP contribution in [0.25, 0.3) is 10.3 Å². The van der Waals surface area contributed by atoms with E-state index >= 15 is 0 Å². The molecule has 2 aromatic heterocycles. The van der Waals surface area contributed by atoms with E-state index in [1.165, 1.54) is 29.2 Å². The predicted octanol–water partition coefficient (Wildman–Crippen LogP) is 4.40. The van der Waals surface area contributed by atoms with Gasteiger partial charge in [-0.3, -0.25) is 4.79 Å². The molecular formula is C24H23N5O3S2. The Morgan fingerprint density at radius 1 is 1.15 bits per heavy atom. The molecule has 1 N–H and O–H groups in total. The molecule has 0 aliphatic carbocycles. The molecule has 5 rings (SSSR count). The highest BCUT2D eigenvalue weighted by atomic mass is 32.2. The summed E-state index contributed by atoms with van der Waals surface area (Å²) in [4.78, 5) is 28.5. The Labute approximate surface area is 205 Å². The minimum Gasteiger partial charge on any atom is -0.497 e. The lowest BCUT2D eigenvalue weighted by atomic mass is 10.0. The Bertz CT molecular complexity index is 1340. The van der Waals surface area contributed by atoms with Crippen LogP contribution in [0.1, 0.15) is 11.1 Å². The molecule has 0 radical (unpaired) electrons. The highest BCUT2D eigenvalue weighted by Crippen LogP contribution is 2.36. The number of methoxy groups -OCH3 is 2. The van der Waals surface area contributed by atoms with Crippen molar-refractivity contribution in [1.29, 1.82) is 0 Å². The number of nitrogens with zero attached hydrogens (tertiary/aromatic N) is 4. The van der Waals surface area contributed by atoms with Crippen LogP contribution >= 0.6 is 23.1 Å². The number of carbonyl (C=O) groups is 1. The third-order valence-corrected chi connectivity index (χ3v) is 7.80. The average molecular weight is 494 g/mol. The molecular weight excluding hydrogens is 470 g/mol. The average Bonchev–Trinajstić information content (AvgIpc) is 3.32. The Kier molecular flexibility index (Phi) is 6.50. The highest BCUT2D eigenvalue weighted by Gasteiger charge is 2.21. The molecule has 0 unspecified atom stereocenters. The molecule has 10 heteroatoms. The molecule has 174 valence electrons. The van der Waals surface area contributed by atoms with E-state index < -0.39 is 0 Å². The zero-order chi connectivity index (χ0) is 23.5. The van der Waals surface area contributed by atoms with Crippen molar-refractivity contribution < 1.29 is 14.3 Å². The number of hydrogen-bond donors (Lipinski definition) is 1. The molecule has 0 fully saturated rings. The number of amides is 1. The number of hydrogen-bond acceptors (Lipinski definition) is 9. The van der Waals surface area contributed by atoms with Gasteiger partial charge in [0.05, 0.1) is 25.7 Å². The van der Waals surface area contributed by atoms with E-state index in [9.17, 15) is 4.79 Å². The minimum atomic E-state index is -0.166.